The van der Waals surface area contributed by atoms with Crippen molar-refractivity contribution in [2.24, 2.45) is 0 Å². The maximum atomic E-state index is 10.1. The third kappa shape index (κ3) is 3.53. The maximum absolute atomic E-state index is 10.1. The first-order valence-electron chi connectivity index (χ1n) is 7.65. The Labute approximate surface area is 131 Å². The highest BCUT2D eigenvalue weighted by Gasteiger charge is 2.20. The molecule has 0 radical (unpaired) electrons. The minimum absolute atomic E-state index is 0.107. The van der Waals surface area contributed by atoms with Crippen LogP contribution in [-0.2, 0) is 5.41 Å². The lowest BCUT2D eigenvalue weighted by molar-refractivity contribution is 0.308. The van der Waals surface area contributed by atoms with Crippen LogP contribution in [0.4, 0.5) is 5.82 Å². The van der Waals surface area contributed by atoms with Crippen LogP contribution in [0, 0.1) is 0 Å². The largest absolute Gasteiger partial charge is 0.506 e. The van der Waals surface area contributed by atoms with E-state index in [1.54, 1.807) is 22.9 Å². The van der Waals surface area contributed by atoms with Gasteiger partial charge in [-0.05, 0) is 18.6 Å². The summed E-state index contributed by atoms with van der Waals surface area (Å²) in [6.07, 6.45) is 2.07. The van der Waals surface area contributed by atoms with Crippen molar-refractivity contribution in [2.45, 2.75) is 46.0 Å². The number of nitrogens with two attached hydrogens (primary N) is 1. The number of aromatic nitrogens is 2. The second kappa shape index (κ2) is 6.30. The summed E-state index contributed by atoms with van der Waals surface area (Å²) < 4.78 is 7.24. The highest BCUT2D eigenvalue weighted by Crippen LogP contribution is 2.30. The van der Waals surface area contributed by atoms with Crippen LogP contribution in [0.1, 0.15) is 46.2 Å². The van der Waals surface area contributed by atoms with Gasteiger partial charge in [0, 0.05) is 17.5 Å². The molecule has 3 N–H and O–H groups in total. The molecule has 0 spiro atoms. The van der Waals surface area contributed by atoms with E-state index >= 15 is 0 Å². The SMILES string of the molecule is CCCCOc1ccc(O)c(-n2nc(C(C)(C)C)cc2N)c1. The third-order valence-corrected chi connectivity index (χ3v) is 3.45. The van der Waals surface area contributed by atoms with Gasteiger partial charge in [0.05, 0.1) is 12.3 Å². The quantitative estimate of drug-likeness (QED) is 0.827. The minimum Gasteiger partial charge on any atom is -0.506 e. The van der Waals surface area contributed by atoms with Gasteiger partial charge < -0.3 is 15.6 Å². The number of hydrogen-bond donors (Lipinski definition) is 2. The molecule has 0 atom stereocenters. The number of ether oxygens (including phenoxy) is 1. The van der Waals surface area contributed by atoms with E-state index < -0.39 is 0 Å². The van der Waals surface area contributed by atoms with Gasteiger partial charge >= 0.3 is 0 Å². The van der Waals surface area contributed by atoms with E-state index in [0.717, 1.165) is 18.5 Å². The zero-order chi connectivity index (χ0) is 16.3. The molecule has 1 heterocycles. The molecule has 5 nitrogen and oxygen atoms in total. The number of aromatic hydroxyl groups is 1. The molecule has 5 heteroatoms. The van der Waals surface area contributed by atoms with Crippen molar-refractivity contribution < 1.29 is 9.84 Å². The Balaban J connectivity index is 2.35. The van der Waals surface area contributed by atoms with Gasteiger partial charge in [0.15, 0.2) is 0 Å². The van der Waals surface area contributed by atoms with Crippen molar-refractivity contribution >= 4 is 5.82 Å². The van der Waals surface area contributed by atoms with Gasteiger partial charge in [-0.2, -0.15) is 5.10 Å². The second-order valence-corrected chi connectivity index (χ2v) is 6.47. The van der Waals surface area contributed by atoms with Gasteiger partial charge in [-0.25, -0.2) is 4.68 Å². The smallest absolute Gasteiger partial charge is 0.141 e. The topological polar surface area (TPSA) is 73.3 Å². The Morgan fingerprint density at radius 1 is 1.27 bits per heavy atom. The number of nitrogen functional groups attached to an aromatic ring is 1. The average Bonchev–Trinajstić information content (AvgIpc) is 2.83. The van der Waals surface area contributed by atoms with E-state index in [9.17, 15) is 5.11 Å². The Kier molecular flexibility index (Phi) is 4.64. The number of benzene rings is 1. The van der Waals surface area contributed by atoms with Crippen LogP contribution in [0.3, 0.4) is 0 Å². The standard InChI is InChI=1S/C17H25N3O2/c1-5-6-9-22-12-7-8-14(21)13(10-12)20-16(18)11-15(19-20)17(2,3)4/h7-8,10-11,21H,5-6,9,18H2,1-4H3. The first-order chi connectivity index (χ1) is 10.3. The molecular weight excluding hydrogens is 278 g/mol. The molecule has 0 amide bonds. The summed E-state index contributed by atoms with van der Waals surface area (Å²) in [4.78, 5) is 0. The van der Waals surface area contributed by atoms with E-state index in [2.05, 4.69) is 32.8 Å². The summed E-state index contributed by atoms with van der Waals surface area (Å²) in [5.74, 6) is 1.32. The first kappa shape index (κ1) is 16.2. The fourth-order valence-corrected chi connectivity index (χ4v) is 2.05. The summed E-state index contributed by atoms with van der Waals surface area (Å²) >= 11 is 0. The number of anilines is 1. The van der Waals surface area contributed by atoms with Crippen LogP contribution in [0.5, 0.6) is 11.5 Å². The Bertz CT molecular complexity index is 642. The summed E-state index contributed by atoms with van der Waals surface area (Å²) in [5, 5.41) is 14.7. The van der Waals surface area contributed by atoms with E-state index in [4.69, 9.17) is 10.5 Å². The first-order valence-corrected chi connectivity index (χ1v) is 7.65. The van der Waals surface area contributed by atoms with Crippen LogP contribution >= 0.6 is 0 Å². The summed E-state index contributed by atoms with van der Waals surface area (Å²) in [6, 6.07) is 6.96. The van der Waals surface area contributed by atoms with Crippen LogP contribution < -0.4 is 10.5 Å². The number of hydrogen-bond acceptors (Lipinski definition) is 4. The lowest BCUT2D eigenvalue weighted by Gasteiger charge is -2.14. The summed E-state index contributed by atoms with van der Waals surface area (Å²) in [7, 11) is 0. The van der Waals surface area contributed by atoms with E-state index in [-0.39, 0.29) is 11.2 Å². The molecule has 0 bridgehead atoms. The number of nitrogens with zero attached hydrogens (tertiary/aromatic N) is 2. The summed E-state index contributed by atoms with van der Waals surface area (Å²) in [5.41, 5.74) is 7.36. The molecule has 2 rings (SSSR count). The molecule has 2 aromatic rings. The fourth-order valence-electron chi connectivity index (χ4n) is 2.05. The minimum atomic E-state index is -0.107. The molecule has 0 aliphatic rings. The maximum Gasteiger partial charge on any atom is 0.141 e. The molecule has 0 saturated heterocycles. The Hall–Kier alpha value is -2.17. The van der Waals surface area contributed by atoms with Crippen LogP contribution in [0.25, 0.3) is 5.69 Å². The predicted octanol–water partition coefficient (Wildman–Crippen LogP) is 3.64. The lowest BCUT2D eigenvalue weighted by Crippen LogP contribution is -2.12. The van der Waals surface area contributed by atoms with Crippen molar-refractivity contribution in [3.8, 4) is 17.2 Å². The van der Waals surface area contributed by atoms with E-state index in [1.807, 2.05) is 6.07 Å². The molecule has 1 aromatic heterocycles. The van der Waals surface area contributed by atoms with Gasteiger partial charge in [0.25, 0.3) is 0 Å². The number of unbranched alkanes of at least 4 members (excludes halogenated alkanes) is 1. The Morgan fingerprint density at radius 3 is 2.59 bits per heavy atom. The normalized spacial score (nSPS) is 11.6. The second-order valence-electron chi connectivity index (χ2n) is 6.47. The zero-order valence-corrected chi connectivity index (χ0v) is 13.8. The van der Waals surface area contributed by atoms with Crippen molar-refractivity contribution in [1.29, 1.82) is 0 Å². The van der Waals surface area contributed by atoms with E-state index in [0.29, 0.717) is 23.9 Å². The van der Waals surface area contributed by atoms with Crippen molar-refractivity contribution in [3.63, 3.8) is 0 Å². The van der Waals surface area contributed by atoms with Crippen LogP contribution in [-0.4, -0.2) is 21.5 Å². The van der Waals surface area contributed by atoms with Crippen molar-refractivity contribution in [3.05, 3.63) is 30.0 Å². The third-order valence-electron chi connectivity index (χ3n) is 3.45. The molecule has 22 heavy (non-hydrogen) atoms. The van der Waals surface area contributed by atoms with Crippen molar-refractivity contribution in [1.82, 2.24) is 9.78 Å². The fraction of sp³-hybridized carbons (Fsp3) is 0.471. The van der Waals surface area contributed by atoms with Crippen molar-refractivity contribution in [2.75, 3.05) is 12.3 Å². The van der Waals surface area contributed by atoms with Crippen LogP contribution in [0.2, 0.25) is 0 Å². The number of phenolic OH excluding ortho intramolecular Hbond substituents is 1. The zero-order valence-electron chi connectivity index (χ0n) is 13.8. The monoisotopic (exact) mass is 303 g/mol. The number of phenols is 1. The van der Waals surface area contributed by atoms with Gasteiger partial charge in [-0.15, -0.1) is 0 Å². The number of rotatable bonds is 5. The molecule has 1 aromatic carbocycles. The lowest BCUT2D eigenvalue weighted by atomic mass is 9.92. The average molecular weight is 303 g/mol. The molecule has 0 saturated carbocycles. The Morgan fingerprint density at radius 2 is 2.00 bits per heavy atom. The van der Waals surface area contributed by atoms with Gasteiger partial charge in [0.1, 0.15) is 23.0 Å². The highest BCUT2D eigenvalue weighted by atomic mass is 16.5. The van der Waals surface area contributed by atoms with Gasteiger partial charge in [0.2, 0.25) is 0 Å². The molecular formula is C17H25N3O2. The molecule has 0 unspecified atom stereocenters. The predicted molar refractivity (Wildman–Crippen MR) is 88.7 cm³/mol. The van der Waals surface area contributed by atoms with Crippen LogP contribution in [0.15, 0.2) is 24.3 Å². The molecule has 0 aliphatic heterocycles. The molecule has 0 fully saturated rings. The summed E-state index contributed by atoms with van der Waals surface area (Å²) in [6.45, 7) is 8.99. The molecule has 0 aliphatic carbocycles. The molecule has 120 valence electrons. The van der Waals surface area contributed by atoms with Gasteiger partial charge in [-0.1, -0.05) is 34.1 Å². The highest BCUT2D eigenvalue weighted by molar-refractivity contribution is 5.54. The van der Waals surface area contributed by atoms with E-state index in [1.165, 1.54) is 0 Å². The van der Waals surface area contributed by atoms with Gasteiger partial charge in [-0.3, -0.25) is 0 Å².